The number of likely N-dealkylation sites (tertiary alicyclic amines) is 1. The number of halogens is 1. The van der Waals surface area contributed by atoms with Crippen LogP contribution in [0.2, 0.25) is 0 Å². The molecule has 4 aromatic carbocycles. The summed E-state index contributed by atoms with van der Waals surface area (Å²) >= 11 is 0. The standard InChI is InChI=1S/C41H42FN5O5S/c1-43-41(48)39-33-22-31(35(45(2)53(3,49)50)23-38(33)52-40(39)26-10-13-29(42)14-11-26)27-12-15-37-32(20-27)36-21-28-8-4-5-9-34(28)47(36)24-30(25-51-37)44-16-19-46-17-6-7-18-46/h4-5,8-15,20-23,30,44H,6-7,16-19,24-25H2,1-3H3,(H,43,48). The van der Waals surface area contributed by atoms with Gasteiger partial charge >= 0.3 is 0 Å². The van der Waals surface area contributed by atoms with Gasteiger partial charge in [0.1, 0.15) is 29.5 Å². The fraction of sp³-hybridized carbons (Fsp3) is 0.293. The van der Waals surface area contributed by atoms with Crippen molar-refractivity contribution in [2.24, 2.45) is 0 Å². The lowest BCUT2D eigenvalue weighted by atomic mass is 9.96. The molecule has 8 rings (SSSR count). The molecule has 1 atom stereocenters. The van der Waals surface area contributed by atoms with E-state index in [-0.39, 0.29) is 17.4 Å². The number of para-hydroxylation sites is 1. The Kier molecular flexibility index (Phi) is 9.21. The first-order valence-corrected chi connectivity index (χ1v) is 19.8. The number of hydrogen-bond donors (Lipinski definition) is 2. The summed E-state index contributed by atoms with van der Waals surface area (Å²) in [5, 5.41) is 8.06. The van der Waals surface area contributed by atoms with Crippen molar-refractivity contribution in [2.45, 2.75) is 25.4 Å². The van der Waals surface area contributed by atoms with Crippen molar-refractivity contribution >= 4 is 43.5 Å². The van der Waals surface area contributed by atoms with Gasteiger partial charge < -0.3 is 29.3 Å². The first-order chi connectivity index (χ1) is 25.6. The zero-order valence-corrected chi connectivity index (χ0v) is 30.8. The molecule has 2 aromatic heterocycles. The summed E-state index contributed by atoms with van der Waals surface area (Å²) in [5.74, 6) is 0.162. The van der Waals surface area contributed by atoms with E-state index in [1.54, 1.807) is 24.3 Å². The van der Waals surface area contributed by atoms with Crippen LogP contribution in [0.15, 0.2) is 89.3 Å². The fourth-order valence-corrected chi connectivity index (χ4v) is 8.14. The van der Waals surface area contributed by atoms with E-state index in [2.05, 4.69) is 44.4 Å². The second-order valence-corrected chi connectivity index (χ2v) is 15.9. The van der Waals surface area contributed by atoms with E-state index in [0.29, 0.717) is 40.9 Å². The number of fused-ring (bicyclic) bond motifs is 6. The van der Waals surface area contributed by atoms with Crippen molar-refractivity contribution in [3.05, 3.63) is 96.3 Å². The number of amides is 1. The van der Waals surface area contributed by atoms with E-state index in [9.17, 15) is 17.6 Å². The largest absolute Gasteiger partial charge is 0.491 e. The third-order valence-electron chi connectivity index (χ3n) is 10.5. The maximum atomic E-state index is 13.9. The maximum Gasteiger partial charge on any atom is 0.255 e. The minimum absolute atomic E-state index is 0.0805. The van der Waals surface area contributed by atoms with Crippen LogP contribution in [-0.2, 0) is 16.6 Å². The molecule has 2 N–H and O–H groups in total. The zero-order valence-electron chi connectivity index (χ0n) is 30.0. The molecule has 2 aliphatic rings. The molecule has 0 spiro atoms. The molecule has 4 heterocycles. The average molecular weight is 736 g/mol. The highest BCUT2D eigenvalue weighted by atomic mass is 32.2. The number of rotatable bonds is 9. The van der Waals surface area contributed by atoms with E-state index in [0.717, 1.165) is 65.9 Å². The predicted octanol–water partition coefficient (Wildman–Crippen LogP) is 6.73. The van der Waals surface area contributed by atoms with E-state index in [1.807, 2.05) is 24.3 Å². The van der Waals surface area contributed by atoms with Gasteiger partial charge in [-0.05, 0) is 86.1 Å². The van der Waals surface area contributed by atoms with Gasteiger partial charge in [-0.3, -0.25) is 9.10 Å². The quantitative estimate of drug-likeness (QED) is 0.170. The van der Waals surface area contributed by atoms with Gasteiger partial charge in [-0.15, -0.1) is 0 Å². The summed E-state index contributed by atoms with van der Waals surface area (Å²) in [4.78, 5) is 15.9. The molecular weight excluding hydrogens is 694 g/mol. The Balaban J connectivity index is 1.27. The second kappa shape index (κ2) is 14.0. The minimum Gasteiger partial charge on any atom is -0.491 e. The number of carbonyl (C=O) groups is 1. The third-order valence-corrected chi connectivity index (χ3v) is 11.7. The second-order valence-electron chi connectivity index (χ2n) is 13.9. The number of furan rings is 1. The van der Waals surface area contributed by atoms with E-state index >= 15 is 0 Å². The first kappa shape index (κ1) is 34.9. The predicted molar refractivity (Wildman–Crippen MR) is 208 cm³/mol. The van der Waals surface area contributed by atoms with Gasteiger partial charge in [0.15, 0.2) is 0 Å². The van der Waals surface area contributed by atoms with Crippen LogP contribution in [0, 0.1) is 5.82 Å². The molecule has 1 amide bonds. The van der Waals surface area contributed by atoms with Crippen molar-refractivity contribution < 1.29 is 26.8 Å². The van der Waals surface area contributed by atoms with E-state index in [4.69, 9.17) is 9.15 Å². The Hall–Kier alpha value is -5.17. The molecule has 2 aliphatic heterocycles. The minimum atomic E-state index is -3.72. The number of ether oxygens (including phenoxy) is 1. The number of sulfonamides is 1. The van der Waals surface area contributed by atoms with Crippen LogP contribution in [0.4, 0.5) is 10.1 Å². The summed E-state index contributed by atoms with van der Waals surface area (Å²) < 4.78 is 56.4. The lowest BCUT2D eigenvalue weighted by Gasteiger charge is -2.27. The number of nitrogens with one attached hydrogen (secondary N) is 2. The molecular formula is C41H42FN5O5S. The van der Waals surface area contributed by atoms with Crippen LogP contribution in [0.5, 0.6) is 5.75 Å². The Labute approximate surface area is 308 Å². The smallest absolute Gasteiger partial charge is 0.255 e. The number of nitrogens with zero attached hydrogens (tertiary/aromatic N) is 3. The summed E-state index contributed by atoms with van der Waals surface area (Å²) in [5.41, 5.74) is 5.74. The summed E-state index contributed by atoms with van der Waals surface area (Å²) in [6, 6.07) is 25.6. The normalized spacial score (nSPS) is 16.2. The number of benzene rings is 4. The molecule has 12 heteroatoms. The van der Waals surface area contributed by atoms with Gasteiger partial charge in [-0.2, -0.15) is 0 Å². The average Bonchev–Trinajstić information content (AvgIpc) is 3.89. The highest BCUT2D eigenvalue weighted by molar-refractivity contribution is 7.92. The van der Waals surface area contributed by atoms with Crippen LogP contribution in [0.25, 0.3) is 55.6 Å². The molecule has 0 saturated carbocycles. The van der Waals surface area contributed by atoms with Crippen molar-refractivity contribution in [3.8, 4) is 39.5 Å². The molecule has 10 nitrogen and oxygen atoms in total. The number of hydrogen-bond acceptors (Lipinski definition) is 7. The Morgan fingerprint density at radius 3 is 2.47 bits per heavy atom. The van der Waals surface area contributed by atoms with Crippen molar-refractivity contribution in [1.29, 1.82) is 0 Å². The highest BCUT2D eigenvalue weighted by Gasteiger charge is 2.28. The van der Waals surface area contributed by atoms with Gasteiger partial charge in [0.2, 0.25) is 10.0 Å². The topological polar surface area (TPSA) is 109 Å². The van der Waals surface area contributed by atoms with E-state index in [1.165, 1.54) is 43.4 Å². The van der Waals surface area contributed by atoms with Crippen LogP contribution in [-0.4, -0.2) is 83.0 Å². The molecule has 1 saturated heterocycles. The monoisotopic (exact) mass is 735 g/mol. The van der Waals surface area contributed by atoms with Crippen molar-refractivity contribution in [3.63, 3.8) is 0 Å². The van der Waals surface area contributed by atoms with Crippen molar-refractivity contribution in [1.82, 2.24) is 20.1 Å². The van der Waals surface area contributed by atoms with Crippen LogP contribution < -0.4 is 19.7 Å². The molecule has 6 aromatic rings. The maximum absolute atomic E-state index is 13.9. The van der Waals surface area contributed by atoms with Crippen molar-refractivity contribution in [2.75, 3.05) is 57.4 Å². The first-order valence-electron chi connectivity index (χ1n) is 17.9. The van der Waals surface area contributed by atoms with Gasteiger partial charge in [0, 0.05) is 72.8 Å². The Bertz CT molecular complexity index is 2450. The Morgan fingerprint density at radius 2 is 1.72 bits per heavy atom. The zero-order chi connectivity index (χ0) is 36.9. The third kappa shape index (κ3) is 6.67. The summed E-state index contributed by atoms with van der Waals surface area (Å²) in [7, 11) is -0.691. The number of anilines is 1. The number of carbonyl (C=O) groups excluding carboxylic acids is 1. The van der Waals surface area contributed by atoms with Crippen LogP contribution in [0.3, 0.4) is 0 Å². The lowest BCUT2D eigenvalue weighted by molar-refractivity contribution is 0.0964. The lowest BCUT2D eigenvalue weighted by Crippen LogP contribution is -2.42. The van der Waals surface area contributed by atoms with Gasteiger partial charge in [0.25, 0.3) is 5.91 Å². The summed E-state index contributed by atoms with van der Waals surface area (Å²) in [6.45, 7) is 5.38. The van der Waals surface area contributed by atoms with Crippen LogP contribution in [0.1, 0.15) is 23.2 Å². The van der Waals surface area contributed by atoms with Crippen LogP contribution >= 0.6 is 0 Å². The Morgan fingerprint density at radius 1 is 0.962 bits per heavy atom. The van der Waals surface area contributed by atoms with Gasteiger partial charge in [0.05, 0.1) is 29.2 Å². The molecule has 274 valence electrons. The summed E-state index contributed by atoms with van der Waals surface area (Å²) in [6.07, 6.45) is 3.67. The van der Waals surface area contributed by atoms with E-state index < -0.39 is 21.7 Å². The van der Waals surface area contributed by atoms with Gasteiger partial charge in [-0.1, -0.05) is 24.3 Å². The molecule has 0 aliphatic carbocycles. The molecule has 53 heavy (non-hydrogen) atoms. The SMILES string of the molecule is CNC(=O)c1c(-c2ccc(F)cc2)oc2cc(N(C)S(C)(=O)=O)c(-c3ccc4c(c3)-c3cc5ccccc5n3CC(NCCN3CCCC3)CO4)cc12. The molecule has 1 unspecified atom stereocenters. The number of aromatic nitrogens is 1. The van der Waals surface area contributed by atoms with Gasteiger partial charge in [-0.25, -0.2) is 12.8 Å². The highest BCUT2D eigenvalue weighted by Crippen LogP contribution is 2.44. The molecule has 0 bridgehead atoms. The fourth-order valence-electron chi connectivity index (χ4n) is 7.63. The molecule has 1 fully saturated rings. The molecule has 0 radical (unpaired) electrons.